The number of alkyl halides is 3. The summed E-state index contributed by atoms with van der Waals surface area (Å²) < 4.78 is 40.3. The minimum Gasteiger partial charge on any atom is -0.331 e. The van der Waals surface area contributed by atoms with Crippen LogP contribution in [0.5, 0.6) is 0 Å². The summed E-state index contributed by atoms with van der Waals surface area (Å²) in [6.07, 6.45) is 0.200. The molecule has 0 amide bonds. The maximum absolute atomic E-state index is 12.7. The molecule has 0 fully saturated rings. The van der Waals surface area contributed by atoms with Gasteiger partial charge in [0.05, 0.1) is 16.3 Å². The van der Waals surface area contributed by atoms with Gasteiger partial charge in [0, 0.05) is 24.2 Å². The Morgan fingerprint density at radius 1 is 1.17 bits per heavy atom. The topological polar surface area (TPSA) is 17.8 Å². The number of hydrogen-bond acceptors (Lipinski definition) is 1. The van der Waals surface area contributed by atoms with E-state index >= 15 is 0 Å². The van der Waals surface area contributed by atoms with Gasteiger partial charge in [0.2, 0.25) is 0 Å². The van der Waals surface area contributed by atoms with E-state index in [0.29, 0.717) is 17.3 Å². The van der Waals surface area contributed by atoms with Gasteiger partial charge in [-0.05, 0) is 25.0 Å². The quantitative estimate of drug-likeness (QED) is 0.636. The van der Waals surface area contributed by atoms with Crippen molar-refractivity contribution in [3.05, 3.63) is 40.8 Å². The zero-order valence-electron chi connectivity index (χ0n) is 13.4. The van der Waals surface area contributed by atoms with Gasteiger partial charge >= 0.3 is 6.18 Å². The van der Waals surface area contributed by atoms with E-state index in [1.165, 1.54) is 6.07 Å². The Hall–Kier alpha value is -1.49. The molecule has 6 heteroatoms. The summed E-state index contributed by atoms with van der Waals surface area (Å²) in [5.41, 5.74) is 0.396. The van der Waals surface area contributed by atoms with Crippen LogP contribution < -0.4 is 0 Å². The van der Waals surface area contributed by atoms with Crippen LogP contribution in [0.25, 0.3) is 11.3 Å². The third-order valence-electron chi connectivity index (χ3n) is 4.03. The number of hydrogen-bond donors (Lipinski definition) is 0. The van der Waals surface area contributed by atoms with Gasteiger partial charge in [-0.25, -0.2) is 4.98 Å². The standard InChI is InChI=1S/C17H20ClF3N2/c1-4-12(5-2)23-10-15(22-16(23)6-3)13-8-7-11(9-14(13)18)17(19,20)21/h7-10,12H,4-6H2,1-3H3. The van der Waals surface area contributed by atoms with E-state index in [0.717, 1.165) is 37.2 Å². The molecule has 0 aliphatic heterocycles. The molecule has 0 N–H and O–H groups in total. The zero-order chi connectivity index (χ0) is 17.2. The molecule has 0 spiro atoms. The number of nitrogens with zero attached hydrogens (tertiary/aromatic N) is 2. The highest BCUT2D eigenvalue weighted by atomic mass is 35.5. The van der Waals surface area contributed by atoms with E-state index in [1.807, 2.05) is 13.1 Å². The molecule has 1 aromatic heterocycles. The average molecular weight is 345 g/mol. The Balaban J connectivity index is 2.47. The molecule has 23 heavy (non-hydrogen) atoms. The second-order valence-electron chi connectivity index (χ2n) is 5.47. The van der Waals surface area contributed by atoms with E-state index in [2.05, 4.69) is 23.4 Å². The van der Waals surface area contributed by atoms with Crippen LogP contribution in [-0.2, 0) is 12.6 Å². The fraction of sp³-hybridized carbons (Fsp3) is 0.471. The lowest BCUT2D eigenvalue weighted by molar-refractivity contribution is -0.137. The van der Waals surface area contributed by atoms with Gasteiger partial charge in [-0.3, -0.25) is 0 Å². The van der Waals surface area contributed by atoms with Gasteiger partial charge in [-0.2, -0.15) is 13.2 Å². The van der Waals surface area contributed by atoms with Crippen LogP contribution in [0.1, 0.15) is 51.0 Å². The molecular formula is C17H20ClF3N2. The molecule has 0 radical (unpaired) electrons. The Bertz CT molecular complexity index is 673. The van der Waals surface area contributed by atoms with Crippen molar-refractivity contribution in [1.82, 2.24) is 9.55 Å². The van der Waals surface area contributed by atoms with Gasteiger partial charge in [0.1, 0.15) is 5.82 Å². The second-order valence-corrected chi connectivity index (χ2v) is 5.87. The molecule has 0 aliphatic rings. The van der Waals surface area contributed by atoms with Crippen molar-refractivity contribution in [1.29, 1.82) is 0 Å². The van der Waals surface area contributed by atoms with Gasteiger partial charge in [-0.1, -0.05) is 38.4 Å². The van der Waals surface area contributed by atoms with E-state index in [-0.39, 0.29) is 5.02 Å². The number of rotatable bonds is 5. The molecule has 2 aromatic rings. The number of aryl methyl sites for hydroxylation is 1. The smallest absolute Gasteiger partial charge is 0.331 e. The van der Waals surface area contributed by atoms with Crippen molar-refractivity contribution in [2.24, 2.45) is 0 Å². The average Bonchev–Trinajstić information content (AvgIpc) is 2.91. The number of benzene rings is 1. The van der Waals surface area contributed by atoms with Crippen molar-refractivity contribution in [3.63, 3.8) is 0 Å². The minimum absolute atomic E-state index is 0.0664. The van der Waals surface area contributed by atoms with Crippen molar-refractivity contribution in [2.45, 2.75) is 52.3 Å². The summed E-state index contributed by atoms with van der Waals surface area (Å²) in [6.45, 7) is 6.23. The summed E-state index contributed by atoms with van der Waals surface area (Å²) in [6, 6.07) is 3.73. The molecule has 1 aromatic carbocycles. The fourth-order valence-corrected chi connectivity index (χ4v) is 3.00. The SMILES string of the molecule is CCc1nc(-c2ccc(C(F)(F)F)cc2Cl)cn1C(CC)CC. The lowest BCUT2D eigenvalue weighted by Crippen LogP contribution is -2.09. The van der Waals surface area contributed by atoms with Gasteiger partial charge in [0.15, 0.2) is 0 Å². The van der Waals surface area contributed by atoms with Crippen molar-refractivity contribution in [2.75, 3.05) is 0 Å². The Kier molecular flexibility index (Phi) is 5.40. The molecule has 0 atom stereocenters. The second kappa shape index (κ2) is 6.95. The number of aromatic nitrogens is 2. The summed E-state index contributed by atoms with van der Waals surface area (Å²) in [5.74, 6) is 0.921. The molecule has 0 saturated carbocycles. The molecular weight excluding hydrogens is 325 g/mol. The van der Waals surface area contributed by atoms with Gasteiger partial charge in [-0.15, -0.1) is 0 Å². The summed E-state index contributed by atoms with van der Waals surface area (Å²) >= 11 is 6.07. The van der Waals surface area contributed by atoms with Crippen molar-refractivity contribution in [3.8, 4) is 11.3 Å². The highest BCUT2D eigenvalue weighted by Gasteiger charge is 2.31. The van der Waals surface area contributed by atoms with Crippen LogP contribution in [0.2, 0.25) is 5.02 Å². The Labute approximate surface area is 139 Å². The van der Waals surface area contributed by atoms with Gasteiger partial charge < -0.3 is 4.57 Å². The molecule has 2 rings (SSSR count). The van der Waals surface area contributed by atoms with E-state index < -0.39 is 11.7 Å². The summed E-state index contributed by atoms with van der Waals surface area (Å²) in [7, 11) is 0. The van der Waals surface area contributed by atoms with Crippen LogP contribution >= 0.6 is 11.6 Å². The van der Waals surface area contributed by atoms with Crippen molar-refractivity contribution < 1.29 is 13.2 Å². The predicted octanol–water partition coefficient (Wildman–Crippen LogP) is 6.15. The van der Waals surface area contributed by atoms with E-state index in [4.69, 9.17) is 11.6 Å². The minimum atomic E-state index is -4.40. The van der Waals surface area contributed by atoms with Crippen LogP contribution in [0, 0.1) is 0 Å². The molecule has 0 aliphatic carbocycles. The number of halogens is 4. The lowest BCUT2D eigenvalue weighted by Gasteiger charge is -2.16. The van der Waals surface area contributed by atoms with Crippen LogP contribution in [0.4, 0.5) is 13.2 Å². The maximum Gasteiger partial charge on any atom is 0.416 e. The molecule has 0 saturated heterocycles. The third-order valence-corrected chi connectivity index (χ3v) is 4.35. The van der Waals surface area contributed by atoms with E-state index in [1.54, 1.807) is 0 Å². The summed E-state index contributed by atoms with van der Waals surface area (Å²) in [5, 5.41) is 0.0664. The highest BCUT2D eigenvalue weighted by Crippen LogP contribution is 2.36. The molecule has 1 heterocycles. The first kappa shape index (κ1) is 17.9. The summed E-state index contributed by atoms with van der Waals surface area (Å²) in [4.78, 5) is 4.57. The largest absolute Gasteiger partial charge is 0.416 e. The van der Waals surface area contributed by atoms with Gasteiger partial charge in [0.25, 0.3) is 0 Å². The Morgan fingerprint density at radius 2 is 1.83 bits per heavy atom. The first-order chi connectivity index (χ1) is 10.8. The molecule has 126 valence electrons. The molecule has 2 nitrogen and oxygen atoms in total. The molecule has 0 bridgehead atoms. The highest BCUT2D eigenvalue weighted by molar-refractivity contribution is 6.33. The van der Waals surface area contributed by atoms with Crippen LogP contribution in [0.3, 0.4) is 0 Å². The van der Waals surface area contributed by atoms with Crippen LogP contribution in [0.15, 0.2) is 24.4 Å². The first-order valence-corrected chi connectivity index (χ1v) is 8.14. The van der Waals surface area contributed by atoms with E-state index in [9.17, 15) is 13.2 Å². The monoisotopic (exact) mass is 344 g/mol. The third kappa shape index (κ3) is 3.71. The fourth-order valence-electron chi connectivity index (χ4n) is 2.72. The first-order valence-electron chi connectivity index (χ1n) is 7.76. The maximum atomic E-state index is 12.7. The van der Waals surface area contributed by atoms with Crippen molar-refractivity contribution >= 4 is 11.6 Å². The molecule has 0 unspecified atom stereocenters. The predicted molar refractivity (Wildman–Crippen MR) is 86.7 cm³/mol. The van der Waals surface area contributed by atoms with Crippen LogP contribution in [-0.4, -0.2) is 9.55 Å². The normalized spacial score (nSPS) is 12.2. The lowest BCUT2D eigenvalue weighted by atomic mass is 10.1. The number of imidazole rings is 1. The zero-order valence-corrected chi connectivity index (χ0v) is 14.2. The Morgan fingerprint density at radius 3 is 2.30 bits per heavy atom.